The minimum atomic E-state index is -3.90. The van der Waals surface area contributed by atoms with Crippen LogP contribution in [0.4, 0.5) is 5.69 Å². The predicted molar refractivity (Wildman–Crippen MR) is 144 cm³/mol. The van der Waals surface area contributed by atoms with Gasteiger partial charge >= 0.3 is 0 Å². The van der Waals surface area contributed by atoms with Gasteiger partial charge in [0.05, 0.1) is 19.1 Å². The summed E-state index contributed by atoms with van der Waals surface area (Å²) in [6.45, 7) is 5.97. The van der Waals surface area contributed by atoms with Crippen LogP contribution in [-0.4, -0.2) is 57.6 Å². The topological polar surface area (TPSA) is 96.0 Å². The monoisotopic (exact) mass is 537 g/mol. The van der Waals surface area contributed by atoms with Gasteiger partial charge in [-0.2, -0.15) is 0 Å². The molecular weight excluding hydrogens is 502 g/mol. The van der Waals surface area contributed by atoms with Crippen molar-refractivity contribution in [1.29, 1.82) is 0 Å². The van der Waals surface area contributed by atoms with Crippen molar-refractivity contribution >= 4 is 39.1 Å². The largest absolute Gasteiger partial charge is 0.495 e. The number of anilines is 1. The average molecular weight is 538 g/mol. The molecule has 0 fully saturated rings. The molecule has 0 aliphatic heterocycles. The summed E-state index contributed by atoms with van der Waals surface area (Å²) in [5.74, 6) is -0.523. The highest BCUT2D eigenvalue weighted by Crippen LogP contribution is 2.33. The summed E-state index contributed by atoms with van der Waals surface area (Å²) >= 11 is 6.14. The third-order valence-electron chi connectivity index (χ3n) is 5.78. The summed E-state index contributed by atoms with van der Waals surface area (Å²) in [5.41, 5.74) is 2.05. The van der Waals surface area contributed by atoms with E-state index < -0.39 is 28.5 Å². The Morgan fingerprint density at radius 2 is 1.78 bits per heavy atom. The Morgan fingerprint density at radius 1 is 1.11 bits per heavy atom. The molecule has 0 unspecified atom stereocenters. The van der Waals surface area contributed by atoms with Gasteiger partial charge in [0.15, 0.2) is 0 Å². The molecule has 2 aromatic carbocycles. The van der Waals surface area contributed by atoms with Gasteiger partial charge in [-0.1, -0.05) is 61.7 Å². The number of unbranched alkanes of at least 4 members (excludes halogenated alkanes) is 1. The number of hydrogen-bond acceptors (Lipinski definition) is 5. The molecule has 0 saturated heterocycles. The molecule has 2 aromatic rings. The van der Waals surface area contributed by atoms with E-state index in [2.05, 4.69) is 5.32 Å². The average Bonchev–Trinajstić information content (AvgIpc) is 2.83. The van der Waals surface area contributed by atoms with E-state index in [0.717, 1.165) is 34.5 Å². The van der Waals surface area contributed by atoms with E-state index >= 15 is 0 Å². The standard InChI is InChI=1S/C26H36ClN3O5S/c1-6-8-15-28-26(32)22(7-2)29(17-20-11-9-19(3)10-12-20)25(31)18-30(36(5,33)34)23-16-21(27)13-14-24(23)35-4/h9-14,16,22H,6-8,15,17-18H2,1-5H3,(H,28,32)/t22-/m0/s1. The fourth-order valence-electron chi connectivity index (χ4n) is 3.77. The second-order valence-corrected chi connectivity index (χ2v) is 11.0. The van der Waals surface area contributed by atoms with Crippen LogP contribution in [0.15, 0.2) is 42.5 Å². The van der Waals surface area contributed by atoms with Crippen LogP contribution >= 0.6 is 11.6 Å². The van der Waals surface area contributed by atoms with Gasteiger partial charge in [-0.25, -0.2) is 8.42 Å². The fraction of sp³-hybridized carbons (Fsp3) is 0.462. The molecule has 2 rings (SSSR count). The molecule has 0 heterocycles. The second-order valence-electron chi connectivity index (χ2n) is 8.66. The van der Waals surface area contributed by atoms with Crippen LogP contribution in [-0.2, 0) is 26.2 Å². The van der Waals surface area contributed by atoms with Crippen molar-refractivity contribution in [3.63, 3.8) is 0 Å². The Hall–Kier alpha value is -2.78. The number of carbonyl (C=O) groups excluding carboxylic acids is 2. The Morgan fingerprint density at radius 3 is 2.33 bits per heavy atom. The maximum atomic E-state index is 13.7. The van der Waals surface area contributed by atoms with Crippen molar-refractivity contribution < 1.29 is 22.7 Å². The molecule has 2 amide bonds. The normalized spacial score (nSPS) is 12.1. The second kappa shape index (κ2) is 13.5. The number of hydrogen-bond donors (Lipinski definition) is 1. The molecule has 1 N–H and O–H groups in total. The lowest BCUT2D eigenvalue weighted by Crippen LogP contribution is -2.52. The molecule has 0 aliphatic rings. The number of nitrogens with zero attached hydrogens (tertiary/aromatic N) is 2. The van der Waals surface area contributed by atoms with E-state index in [-0.39, 0.29) is 23.9 Å². The molecule has 0 bridgehead atoms. The minimum Gasteiger partial charge on any atom is -0.495 e. The lowest BCUT2D eigenvalue weighted by Gasteiger charge is -2.33. The van der Waals surface area contributed by atoms with Crippen LogP contribution in [0.1, 0.15) is 44.2 Å². The summed E-state index contributed by atoms with van der Waals surface area (Å²) in [6.07, 6.45) is 3.13. The fourth-order valence-corrected chi connectivity index (χ4v) is 4.78. The Labute approximate surface area is 219 Å². The van der Waals surface area contributed by atoms with E-state index in [4.69, 9.17) is 16.3 Å². The summed E-state index contributed by atoms with van der Waals surface area (Å²) in [4.78, 5) is 28.2. The van der Waals surface area contributed by atoms with Crippen LogP contribution in [0.25, 0.3) is 0 Å². The van der Waals surface area contributed by atoms with Crippen molar-refractivity contribution in [1.82, 2.24) is 10.2 Å². The third-order valence-corrected chi connectivity index (χ3v) is 7.14. The Kier molecular flexibility index (Phi) is 11.0. The Bertz CT molecular complexity index is 1140. The number of aryl methyl sites for hydroxylation is 1. The van der Waals surface area contributed by atoms with Gasteiger partial charge in [0.2, 0.25) is 21.8 Å². The van der Waals surface area contributed by atoms with Crippen molar-refractivity contribution in [2.45, 2.75) is 52.6 Å². The van der Waals surface area contributed by atoms with Gasteiger partial charge < -0.3 is 15.0 Å². The SMILES string of the molecule is CCCCNC(=O)[C@H](CC)N(Cc1ccc(C)cc1)C(=O)CN(c1cc(Cl)ccc1OC)S(C)(=O)=O. The molecule has 0 aliphatic carbocycles. The van der Waals surface area contributed by atoms with Crippen LogP contribution in [0.2, 0.25) is 5.02 Å². The number of amides is 2. The maximum absolute atomic E-state index is 13.7. The molecule has 0 aromatic heterocycles. The maximum Gasteiger partial charge on any atom is 0.244 e. The number of nitrogens with one attached hydrogen (secondary N) is 1. The molecule has 8 nitrogen and oxygen atoms in total. The molecule has 10 heteroatoms. The number of ether oxygens (including phenoxy) is 1. The predicted octanol–water partition coefficient (Wildman–Crippen LogP) is 4.15. The highest BCUT2D eigenvalue weighted by atomic mass is 35.5. The van der Waals surface area contributed by atoms with E-state index in [9.17, 15) is 18.0 Å². The van der Waals surface area contributed by atoms with E-state index in [0.29, 0.717) is 18.0 Å². The zero-order chi connectivity index (χ0) is 26.9. The molecule has 0 saturated carbocycles. The first kappa shape index (κ1) is 29.5. The molecule has 0 radical (unpaired) electrons. The smallest absolute Gasteiger partial charge is 0.244 e. The summed E-state index contributed by atoms with van der Waals surface area (Å²) in [6, 6.07) is 11.4. The van der Waals surface area contributed by atoms with Crippen molar-refractivity contribution in [2.75, 3.05) is 30.8 Å². The van der Waals surface area contributed by atoms with Gasteiger partial charge in [-0.3, -0.25) is 13.9 Å². The molecule has 36 heavy (non-hydrogen) atoms. The summed E-state index contributed by atoms with van der Waals surface area (Å²) < 4.78 is 31.9. The first-order valence-electron chi connectivity index (χ1n) is 12.0. The zero-order valence-electron chi connectivity index (χ0n) is 21.6. The van der Waals surface area contributed by atoms with Crippen LogP contribution < -0.4 is 14.4 Å². The third kappa shape index (κ3) is 8.13. The van der Waals surface area contributed by atoms with Crippen molar-refractivity contribution in [3.8, 4) is 5.75 Å². The van der Waals surface area contributed by atoms with E-state index in [1.54, 1.807) is 12.1 Å². The van der Waals surface area contributed by atoms with Gasteiger partial charge in [-0.05, 0) is 43.5 Å². The molecule has 198 valence electrons. The van der Waals surface area contributed by atoms with Crippen LogP contribution in [0.3, 0.4) is 0 Å². The zero-order valence-corrected chi connectivity index (χ0v) is 23.2. The van der Waals surface area contributed by atoms with E-state index in [1.807, 2.05) is 45.0 Å². The summed E-state index contributed by atoms with van der Waals surface area (Å²) in [7, 11) is -2.49. The lowest BCUT2D eigenvalue weighted by atomic mass is 10.1. The van der Waals surface area contributed by atoms with Crippen molar-refractivity contribution in [3.05, 3.63) is 58.6 Å². The van der Waals surface area contributed by atoms with Gasteiger partial charge in [-0.15, -0.1) is 0 Å². The first-order valence-corrected chi connectivity index (χ1v) is 14.2. The summed E-state index contributed by atoms with van der Waals surface area (Å²) in [5, 5.41) is 3.20. The lowest BCUT2D eigenvalue weighted by molar-refractivity contribution is -0.140. The van der Waals surface area contributed by atoms with E-state index in [1.165, 1.54) is 18.1 Å². The van der Waals surface area contributed by atoms with Gasteiger partial charge in [0, 0.05) is 18.1 Å². The number of methoxy groups -OCH3 is 1. The molecular formula is C26H36ClN3O5S. The van der Waals surface area contributed by atoms with Gasteiger partial charge in [0.25, 0.3) is 0 Å². The molecule has 0 spiro atoms. The van der Waals surface area contributed by atoms with Crippen LogP contribution in [0, 0.1) is 6.92 Å². The Balaban J connectivity index is 2.46. The molecule has 1 atom stereocenters. The highest BCUT2D eigenvalue weighted by molar-refractivity contribution is 7.92. The number of rotatable bonds is 13. The number of benzene rings is 2. The highest BCUT2D eigenvalue weighted by Gasteiger charge is 2.32. The van der Waals surface area contributed by atoms with Gasteiger partial charge in [0.1, 0.15) is 18.3 Å². The number of carbonyl (C=O) groups is 2. The number of halogens is 1. The number of sulfonamides is 1. The quantitative estimate of drug-likeness (QED) is 0.387. The first-order chi connectivity index (χ1) is 17.0. The van der Waals surface area contributed by atoms with Crippen molar-refractivity contribution in [2.24, 2.45) is 0 Å². The minimum absolute atomic E-state index is 0.150. The van der Waals surface area contributed by atoms with Crippen LogP contribution in [0.5, 0.6) is 5.75 Å².